The highest BCUT2D eigenvalue weighted by atomic mass is 19.4. The van der Waals surface area contributed by atoms with E-state index in [0.29, 0.717) is 39.0 Å². The Kier molecular flexibility index (Phi) is 11.6. The topological polar surface area (TPSA) is 121 Å². The molecule has 2 aromatic carbocycles. The molecule has 0 bridgehead atoms. The molecule has 0 saturated carbocycles. The first-order valence-electron chi connectivity index (χ1n) is 15.5. The smallest absolute Gasteiger partial charge is 0.490 e. The minimum atomic E-state index is -5.08. The maximum absolute atomic E-state index is 14.0. The van der Waals surface area contributed by atoms with Crippen molar-refractivity contribution in [2.24, 2.45) is 5.41 Å². The zero-order chi connectivity index (χ0) is 34.4. The Morgan fingerprint density at radius 1 is 1.00 bits per heavy atom. The number of carboxylic acids is 1. The highest BCUT2D eigenvalue weighted by Gasteiger charge is 2.44. The number of ether oxygens (including phenoxy) is 3. The van der Waals surface area contributed by atoms with Crippen molar-refractivity contribution in [1.29, 1.82) is 0 Å². The molecule has 2 N–H and O–H groups in total. The van der Waals surface area contributed by atoms with Crippen molar-refractivity contribution in [3.05, 3.63) is 53.6 Å². The monoisotopic (exact) mass is 664 g/mol. The zero-order valence-electron chi connectivity index (χ0n) is 27.1. The van der Waals surface area contributed by atoms with Gasteiger partial charge in [0.1, 0.15) is 5.75 Å². The van der Waals surface area contributed by atoms with E-state index in [-0.39, 0.29) is 36.2 Å². The summed E-state index contributed by atoms with van der Waals surface area (Å²) >= 11 is 0. The number of carboxylic acid groups (broad SMARTS) is 1. The number of carbonyl (C=O) groups is 3. The number of hydrogen-bond acceptors (Lipinski definition) is 8. The Labute approximate surface area is 272 Å². The number of nitrogens with one attached hydrogen (secondary N) is 1. The van der Waals surface area contributed by atoms with E-state index < -0.39 is 12.1 Å². The van der Waals surface area contributed by atoms with Gasteiger partial charge in [-0.05, 0) is 53.6 Å². The zero-order valence-corrected chi connectivity index (χ0v) is 27.1. The van der Waals surface area contributed by atoms with Gasteiger partial charge in [-0.1, -0.05) is 39.0 Å². The summed E-state index contributed by atoms with van der Waals surface area (Å²) in [5, 5.41) is 10.5. The van der Waals surface area contributed by atoms with E-state index in [2.05, 4.69) is 31.0 Å². The number of piperazine rings is 1. The summed E-state index contributed by atoms with van der Waals surface area (Å²) in [4.78, 5) is 42.9. The van der Waals surface area contributed by atoms with E-state index in [1.54, 1.807) is 7.11 Å². The lowest BCUT2D eigenvalue weighted by molar-refractivity contribution is -0.192. The Hall–Kier alpha value is -4.04. The molecule has 3 aliphatic rings. The first-order valence-corrected chi connectivity index (χ1v) is 15.5. The lowest BCUT2D eigenvalue weighted by Crippen LogP contribution is -2.56. The van der Waals surface area contributed by atoms with Crippen LogP contribution in [0.2, 0.25) is 0 Å². The molecule has 258 valence electrons. The van der Waals surface area contributed by atoms with E-state index in [4.69, 9.17) is 24.1 Å². The van der Waals surface area contributed by atoms with Gasteiger partial charge in [0.25, 0.3) is 0 Å². The van der Waals surface area contributed by atoms with Crippen LogP contribution in [0.4, 0.5) is 13.2 Å². The molecular formula is C33H43F3N4O7. The van der Waals surface area contributed by atoms with Crippen LogP contribution in [-0.2, 0) is 27.5 Å². The van der Waals surface area contributed by atoms with Crippen LogP contribution < -0.4 is 19.5 Å². The Bertz CT molecular complexity index is 1410. The highest BCUT2D eigenvalue weighted by molar-refractivity contribution is 5.83. The van der Waals surface area contributed by atoms with Gasteiger partial charge in [-0.15, -0.1) is 0 Å². The predicted octanol–water partition coefficient (Wildman–Crippen LogP) is 4.24. The number of methoxy groups -OCH3 is 1. The number of rotatable bonds is 8. The number of carbonyl (C=O) groups excluding carboxylic acids is 2. The summed E-state index contributed by atoms with van der Waals surface area (Å²) in [6.07, 6.45) is -3.45. The first-order chi connectivity index (χ1) is 22.2. The van der Waals surface area contributed by atoms with Gasteiger partial charge in [0.2, 0.25) is 18.6 Å². The largest absolute Gasteiger partial charge is 0.497 e. The summed E-state index contributed by atoms with van der Waals surface area (Å²) in [7, 11) is 1.65. The molecule has 2 atom stereocenters. The molecule has 0 aromatic heterocycles. The molecule has 0 aliphatic carbocycles. The van der Waals surface area contributed by atoms with E-state index >= 15 is 0 Å². The van der Waals surface area contributed by atoms with Gasteiger partial charge in [-0.25, -0.2) is 4.79 Å². The van der Waals surface area contributed by atoms with Crippen molar-refractivity contribution in [1.82, 2.24) is 20.0 Å². The number of amides is 2. The van der Waals surface area contributed by atoms with Gasteiger partial charge in [-0.2, -0.15) is 13.2 Å². The molecule has 2 saturated heterocycles. The second kappa shape index (κ2) is 15.2. The Balaban J connectivity index is 0.000000644. The van der Waals surface area contributed by atoms with Crippen LogP contribution in [0.1, 0.15) is 51.2 Å². The van der Waals surface area contributed by atoms with Crippen LogP contribution in [0, 0.1) is 5.41 Å². The Morgan fingerprint density at radius 3 is 2.32 bits per heavy atom. The molecular weight excluding hydrogens is 621 g/mol. The molecule has 3 heterocycles. The standard InChI is InChI=1S/C31H42N4O5.C2HF3O2/c1-31(2,3)18-29(36)35(20-22-6-5-7-24(16-22)38-4)28-11-9-25(30(37)33-14-12-32-13-15-33)34(28)19-23-8-10-26-27(17-23)40-21-39-26;3-2(4,5)1(6)7/h5-8,10,16-17,25,28,32H,9,11-15,18-21H2,1-4H3;(H,6,7). The van der Waals surface area contributed by atoms with Crippen LogP contribution in [0.25, 0.3) is 0 Å². The molecule has 2 amide bonds. The molecule has 5 rings (SSSR count). The normalized spacial score (nSPS) is 19.5. The third-order valence-corrected chi connectivity index (χ3v) is 8.09. The van der Waals surface area contributed by atoms with Gasteiger partial charge >= 0.3 is 12.1 Å². The van der Waals surface area contributed by atoms with Crippen LogP contribution in [-0.4, -0.2) is 96.1 Å². The molecule has 11 nitrogen and oxygen atoms in total. The number of aliphatic carboxylic acids is 1. The summed E-state index contributed by atoms with van der Waals surface area (Å²) in [5.41, 5.74) is 1.86. The number of hydrogen-bond donors (Lipinski definition) is 2. The predicted molar refractivity (Wildman–Crippen MR) is 166 cm³/mol. The second-order valence-electron chi connectivity index (χ2n) is 12.9. The summed E-state index contributed by atoms with van der Waals surface area (Å²) in [6, 6.07) is 13.5. The highest BCUT2D eigenvalue weighted by Crippen LogP contribution is 2.36. The van der Waals surface area contributed by atoms with Crippen LogP contribution in [0.15, 0.2) is 42.5 Å². The van der Waals surface area contributed by atoms with Crippen molar-refractivity contribution in [3.8, 4) is 17.2 Å². The van der Waals surface area contributed by atoms with E-state index in [1.165, 1.54) is 0 Å². The SMILES string of the molecule is COc1cccc(CN(C(=O)CC(C)(C)C)C2CCC(C(=O)N3CCNCC3)N2Cc2ccc3c(c2)OCO3)c1.O=C(O)C(F)(F)F. The molecule has 3 aliphatic heterocycles. The second-order valence-corrected chi connectivity index (χ2v) is 12.9. The Morgan fingerprint density at radius 2 is 1.68 bits per heavy atom. The lowest BCUT2D eigenvalue weighted by atomic mass is 9.91. The molecule has 0 radical (unpaired) electrons. The van der Waals surface area contributed by atoms with Crippen molar-refractivity contribution in [2.45, 2.75) is 71.5 Å². The van der Waals surface area contributed by atoms with Crippen molar-refractivity contribution in [3.63, 3.8) is 0 Å². The molecule has 0 spiro atoms. The fraction of sp³-hybridized carbons (Fsp3) is 0.545. The van der Waals surface area contributed by atoms with Crippen LogP contribution in [0.3, 0.4) is 0 Å². The quantitative estimate of drug-likeness (QED) is 0.427. The number of nitrogens with zero attached hydrogens (tertiary/aromatic N) is 3. The molecule has 14 heteroatoms. The molecule has 2 fully saturated rings. The van der Waals surface area contributed by atoms with Crippen LogP contribution in [0.5, 0.6) is 17.2 Å². The number of likely N-dealkylation sites (tertiary alicyclic amines) is 1. The van der Waals surface area contributed by atoms with Gasteiger partial charge < -0.3 is 34.4 Å². The third-order valence-electron chi connectivity index (χ3n) is 8.09. The number of alkyl halides is 3. The fourth-order valence-corrected chi connectivity index (χ4v) is 5.89. The first kappa shape index (κ1) is 35.8. The lowest BCUT2D eigenvalue weighted by Gasteiger charge is -2.40. The van der Waals surface area contributed by atoms with Crippen molar-refractivity contribution in [2.75, 3.05) is 40.1 Å². The van der Waals surface area contributed by atoms with Gasteiger partial charge in [0, 0.05) is 45.7 Å². The minimum absolute atomic E-state index is 0.0891. The molecule has 2 aromatic rings. The van der Waals surface area contributed by atoms with E-state index in [9.17, 15) is 22.8 Å². The van der Waals surface area contributed by atoms with Gasteiger partial charge in [0.05, 0.1) is 19.3 Å². The fourth-order valence-electron chi connectivity index (χ4n) is 5.89. The average molecular weight is 665 g/mol. The maximum atomic E-state index is 14.0. The van der Waals surface area contributed by atoms with Crippen molar-refractivity contribution < 1.29 is 46.9 Å². The summed E-state index contributed by atoms with van der Waals surface area (Å²) < 4.78 is 48.4. The summed E-state index contributed by atoms with van der Waals surface area (Å²) in [6.45, 7) is 10.5. The summed E-state index contributed by atoms with van der Waals surface area (Å²) in [5.74, 6) is -0.310. The molecule has 47 heavy (non-hydrogen) atoms. The van der Waals surface area contributed by atoms with Gasteiger partial charge in [0.15, 0.2) is 11.5 Å². The number of fused-ring (bicyclic) bond motifs is 1. The number of benzene rings is 2. The third kappa shape index (κ3) is 9.74. The van der Waals surface area contributed by atoms with Gasteiger partial charge in [-0.3, -0.25) is 14.5 Å². The minimum Gasteiger partial charge on any atom is -0.497 e. The maximum Gasteiger partial charge on any atom is 0.490 e. The number of halogens is 3. The van der Waals surface area contributed by atoms with E-state index in [0.717, 1.165) is 47.9 Å². The van der Waals surface area contributed by atoms with E-state index in [1.807, 2.05) is 52.3 Å². The molecule has 2 unspecified atom stereocenters. The van der Waals surface area contributed by atoms with Crippen LogP contribution >= 0.6 is 0 Å². The average Bonchev–Trinajstić information content (AvgIpc) is 3.66. The van der Waals surface area contributed by atoms with Crippen molar-refractivity contribution >= 4 is 17.8 Å².